The summed E-state index contributed by atoms with van der Waals surface area (Å²) in [6.07, 6.45) is 8.57. The van der Waals surface area contributed by atoms with Gasteiger partial charge >= 0.3 is 0 Å². The maximum absolute atomic E-state index is 12.8. The van der Waals surface area contributed by atoms with E-state index >= 15 is 0 Å². The van der Waals surface area contributed by atoms with Gasteiger partial charge in [0.1, 0.15) is 0 Å². The van der Waals surface area contributed by atoms with Gasteiger partial charge in [-0.2, -0.15) is 0 Å². The van der Waals surface area contributed by atoms with Crippen LogP contribution < -0.4 is 10.6 Å². The van der Waals surface area contributed by atoms with E-state index in [9.17, 15) is 4.79 Å². The molecule has 1 aliphatic carbocycles. The second-order valence-corrected chi connectivity index (χ2v) is 8.14. The zero-order valence-corrected chi connectivity index (χ0v) is 16.1. The van der Waals surface area contributed by atoms with Gasteiger partial charge in [-0.3, -0.25) is 9.69 Å². The third-order valence-corrected chi connectivity index (χ3v) is 6.77. The molecule has 2 N–H and O–H groups in total. The number of morpholine rings is 1. The molecule has 25 heavy (non-hydrogen) atoms. The van der Waals surface area contributed by atoms with Gasteiger partial charge in [-0.1, -0.05) is 39.5 Å². The number of carbonyl (C=O) groups is 1. The fraction of sp³-hybridized carbons (Fsp3) is 0.950. The number of nitrogens with one attached hydrogen (secondary N) is 2. The van der Waals surface area contributed by atoms with Gasteiger partial charge in [-0.15, -0.1) is 0 Å². The van der Waals surface area contributed by atoms with Crippen LogP contribution in [-0.2, 0) is 9.53 Å². The molecule has 2 aliphatic heterocycles. The van der Waals surface area contributed by atoms with Crippen molar-refractivity contribution in [3.05, 3.63) is 0 Å². The first-order valence-electron chi connectivity index (χ1n) is 10.6. The van der Waals surface area contributed by atoms with E-state index in [0.29, 0.717) is 18.0 Å². The molecule has 0 aromatic heterocycles. The highest BCUT2D eigenvalue weighted by Crippen LogP contribution is 2.33. The zero-order valence-electron chi connectivity index (χ0n) is 16.1. The van der Waals surface area contributed by atoms with Crippen LogP contribution >= 0.6 is 0 Å². The minimum atomic E-state index is 0.0279. The van der Waals surface area contributed by atoms with Crippen LogP contribution in [0.2, 0.25) is 0 Å². The van der Waals surface area contributed by atoms with Gasteiger partial charge < -0.3 is 15.4 Å². The van der Waals surface area contributed by atoms with Crippen molar-refractivity contribution < 1.29 is 9.53 Å². The summed E-state index contributed by atoms with van der Waals surface area (Å²) in [4.78, 5) is 15.3. The molecule has 0 bridgehead atoms. The topological polar surface area (TPSA) is 53.6 Å². The molecule has 1 amide bonds. The van der Waals surface area contributed by atoms with E-state index in [2.05, 4.69) is 29.4 Å². The molecule has 3 rings (SSSR count). The molecule has 3 aliphatic rings. The SMILES string of the molecule is CCC(CC)C(CNC(=O)C1CC2CCCCC2N1)N1CCOCC1. The van der Waals surface area contributed by atoms with Crippen LogP contribution in [0.15, 0.2) is 0 Å². The Morgan fingerprint density at radius 1 is 1.20 bits per heavy atom. The molecular formula is C20H37N3O2. The van der Waals surface area contributed by atoms with Crippen molar-refractivity contribution in [2.45, 2.75) is 76.9 Å². The third kappa shape index (κ3) is 4.75. The van der Waals surface area contributed by atoms with E-state index in [4.69, 9.17) is 4.74 Å². The summed E-state index contributed by atoms with van der Waals surface area (Å²) >= 11 is 0. The van der Waals surface area contributed by atoms with Crippen molar-refractivity contribution in [3.8, 4) is 0 Å². The number of rotatable bonds is 7. The van der Waals surface area contributed by atoms with Crippen molar-refractivity contribution in [1.29, 1.82) is 0 Å². The summed E-state index contributed by atoms with van der Waals surface area (Å²) in [6, 6.07) is 1.05. The van der Waals surface area contributed by atoms with Gasteiger partial charge in [0.2, 0.25) is 5.91 Å². The van der Waals surface area contributed by atoms with Crippen LogP contribution in [-0.4, -0.2) is 61.8 Å². The Morgan fingerprint density at radius 2 is 1.92 bits per heavy atom. The number of ether oxygens (including phenoxy) is 1. The quantitative estimate of drug-likeness (QED) is 0.738. The van der Waals surface area contributed by atoms with Gasteiger partial charge in [0.05, 0.1) is 19.3 Å². The molecule has 1 saturated carbocycles. The largest absolute Gasteiger partial charge is 0.379 e. The van der Waals surface area contributed by atoms with Crippen molar-refractivity contribution in [2.24, 2.45) is 11.8 Å². The second kappa shape index (κ2) is 9.33. The number of amides is 1. The monoisotopic (exact) mass is 351 g/mol. The van der Waals surface area contributed by atoms with Crippen molar-refractivity contribution >= 4 is 5.91 Å². The molecule has 0 aromatic carbocycles. The number of fused-ring (bicyclic) bond motifs is 1. The first-order chi connectivity index (χ1) is 12.2. The van der Waals surface area contributed by atoms with Crippen molar-refractivity contribution in [3.63, 3.8) is 0 Å². The van der Waals surface area contributed by atoms with Gasteiger partial charge in [0.25, 0.3) is 0 Å². The summed E-state index contributed by atoms with van der Waals surface area (Å²) in [5, 5.41) is 6.90. The molecular weight excluding hydrogens is 314 g/mol. The van der Waals surface area contributed by atoms with Crippen LogP contribution in [0.25, 0.3) is 0 Å². The van der Waals surface area contributed by atoms with E-state index in [1.54, 1.807) is 0 Å². The van der Waals surface area contributed by atoms with E-state index < -0.39 is 0 Å². The average molecular weight is 352 g/mol. The second-order valence-electron chi connectivity index (χ2n) is 8.14. The van der Waals surface area contributed by atoms with Crippen LogP contribution in [0.3, 0.4) is 0 Å². The summed E-state index contributed by atoms with van der Waals surface area (Å²) < 4.78 is 5.52. The van der Waals surface area contributed by atoms with Gasteiger partial charge in [0, 0.05) is 31.7 Å². The molecule has 3 fully saturated rings. The van der Waals surface area contributed by atoms with E-state index in [0.717, 1.165) is 45.2 Å². The lowest BCUT2D eigenvalue weighted by atomic mass is 9.85. The Balaban J connectivity index is 1.53. The summed E-state index contributed by atoms with van der Waals surface area (Å²) in [5.41, 5.74) is 0. The Hall–Kier alpha value is -0.650. The van der Waals surface area contributed by atoms with E-state index in [1.165, 1.54) is 38.5 Å². The minimum Gasteiger partial charge on any atom is -0.379 e. The molecule has 4 atom stereocenters. The lowest BCUT2D eigenvalue weighted by Gasteiger charge is -2.39. The Morgan fingerprint density at radius 3 is 2.60 bits per heavy atom. The van der Waals surface area contributed by atoms with Crippen LogP contribution in [0.4, 0.5) is 0 Å². The molecule has 0 radical (unpaired) electrons. The van der Waals surface area contributed by atoms with Crippen molar-refractivity contribution in [2.75, 3.05) is 32.8 Å². The predicted octanol–water partition coefficient (Wildman–Crippen LogP) is 2.16. The first-order valence-corrected chi connectivity index (χ1v) is 10.6. The zero-order chi connectivity index (χ0) is 17.6. The molecule has 5 nitrogen and oxygen atoms in total. The summed E-state index contributed by atoms with van der Waals surface area (Å²) in [6.45, 7) is 8.93. The Labute approximate surface area is 153 Å². The minimum absolute atomic E-state index is 0.0279. The average Bonchev–Trinajstić information content (AvgIpc) is 3.10. The van der Waals surface area contributed by atoms with E-state index in [-0.39, 0.29) is 11.9 Å². The molecule has 144 valence electrons. The van der Waals surface area contributed by atoms with Gasteiger partial charge in [-0.05, 0) is 31.1 Å². The smallest absolute Gasteiger partial charge is 0.237 e. The van der Waals surface area contributed by atoms with Gasteiger partial charge in [0.15, 0.2) is 0 Å². The maximum Gasteiger partial charge on any atom is 0.237 e. The van der Waals surface area contributed by atoms with Crippen molar-refractivity contribution in [1.82, 2.24) is 15.5 Å². The number of nitrogens with zero attached hydrogens (tertiary/aromatic N) is 1. The highest BCUT2D eigenvalue weighted by molar-refractivity contribution is 5.82. The fourth-order valence-electron chi connectivity index (χ4n) is 5.19. The Kier molecular flexibility index (Phi) is 7.14. The lowest BCUT2D eigenvalue weighted by Crippen LogP contribution is -2.53. The maximum atomic E-state index is 12.8. The Bertz CT molecular complexity index is 407. The lowest BCUT2D eigenvalue weighted by molar-refractivity contribution is -0.123. The number of hydrogen-bond acceptors (Lipinski definition) is 4. The predicted molar refractivity (Wildman–Crippen MR) is 101 cm³/mol. The first kappa shape index (κ1) is 19.1. The molecule has 0 spiro atoms. The van der Waals surface area contributed by atoms with Crippen LogP contribution in [0, 0.1) is 11.8 Å². The summed E-state index contributed by atoms with van der Waals surface area (Å²) in [5.74, 6) is 1.58. The molecule has 5 heteroatoms. The standard InChI is InChI=1S/C20H37N3O2/c1-3-15(4-2)19(23-9-11-25-12-10-23)14-21-20(24)18-13-16-7-5-6-8-17(16)22-18/h15-19,22H,3-14H2,1-2H3,(H,21,24). The van der Waals surface area contributed by atoms with Gasteiger partial charge in [-0.25, -0.2) is 0 Å². The highest BCUT2D eigenvalue weighted by Gasteiger charge is 2.38. The third-order valence-electron chi connectivity index (χ3n) is 6.77. The summed E-state index contributed by atoms with van der Waals surface area (Å²) in [7, 11) is 0. The molecule has 2 heterocycles. The van der Waals surface area contributed by atoms with Crippen LogP contribution in [0.1, 0.15) is 58.8 Å². The molecule has 2 saturated heterocycles. The normalized spacial score (nSPS) is 31.7. The molecule has 4 unspecified atom stereocenters. The fourth-order valence-corrected chi connectivity index (χ4v) is 5.19. The molecule has 0 aromatic rings. The number of carbonyl (C=O) groups excluding carboxylic acids is 1. The van der Waals surface area contributed by atoms with E-state index in [1.807, 2.05) is 0 Å². The van der Waals surface area contributed by atoms with Crippen LogP contribution in [0.5, 0.6) is 0 Å². The highest BCUT2D eigenvalue weighted by atomic mass is 16.5. The number of hydrogen-bond donors (Lipinski definition) is 2.